The molecule has 4 rings (SSSR count). The molecule has 1 aromatic carbocycles. The largest absolute Gasteiger partial charge is 0.490 e. The maximum Gasteiger partial charge on any atom is 0.407 e. The number of carboxylic acid groups (broad SMARTS) is 1. The molecule has 3 saturated heterocycles. The van der Waals surface area contributed by atoms with Gasteiger partial charge in [0, 0.05) is 43.7 Å². The number of carbonyl (C=O) groups is 1. The van der Waals surface area contributed by atoms with Gasteiger partial charge in [-0.3, -0.25) is 0 Å². The SMILES string of the molecule is O=C(O)N1C2CCC1CC(Oc1ccc(N3CCOCC3)cc1)C2. The number of amides is 1. The number of morpholine rings is 1. The lowest BCUT2D eigenvalue weighted by molar-refractivity contribution is 0.0496. The van der Waals surface area contributed by atoms with Crippen LogP contribution in [0.3, 0.4) is 0 Å². The van der Waals surface area contributed by atoms with Gasteiger partial charge in [-0.15, -0.1) is 0 Å². The molecule has 0 aromatic heterocycles. The molecule has 2 atom stereocenters. The fraction of sp³-hybridized carbons (Fsp3) is 0.611. The van der Waals surface area contributed by atoms with E-state index in [9.17, 15) is 9.90 Å². The average molecular weight is 332 g/mol. The van der Waals surface area contributed by atoms with E-state index in [1.54, 1.807) is 4.90 Å². The van der Waals surface area contributed by atoms with Crippen molar-refractivity contribution in [3.63, 3.8) is 0 Å². The Labute approximate surface area is 141 Å². The molecule has 24 heavy (non-hydrogen) atoms. The molecular weight excluding hydrogens is 308 g/mol. The summed E-state index contributed by atoms with van der Waals surface area (Å²) in [5.41, 5.74) is 1.20. The molecule has 0 saturated carbocycles. The van der Waals surface area contributed by atoms with Crippen molar-refractivity contribution in [2.75, 3.05) is 31.2 Å². The van der Waals surface area contributed by atoms with Crippen LogP contribution in [-0.4, -0.2) is 60.6 Å². The Morgan fingerprint density at radius 3 is 2.29 bits per heavy atom. The van der Waals surface area contributed by atoms with E-state index in [0.29, 0.717) is 0 Å². The molecule has 0 radical (unpaired) electrons. The molecule has 130 valence electrons. The molecule has 1 amide bonds. The summed E-state index contributed by atoms with van der Waals surface area (Å²) in [7, 11) is 0. The normalized spacial score (nSPS) is 29.6. The van der Waals surface area contributed by atoms with Crippen LogP contribution in [0.4, 0.5) is 10.5 Å². The van der Waals surface area contributed by atoms with Gasteiger partial charge in [0.2, 0.25) is 0 Å². The maximum absolute atomic E-state index is 11.3. The molecule has 3 heterocycles. The van der Waals surface area contributed by atoms with Crippen LogP contribution in [-0.2, 0) is 4.74 Å². The van der Waals surface area contributed by atoms with Gasteiger partial charge in [-0.05, 0) is 37.1 Å². The third-order valence-corrected chi connectivity index (χ3v) is 5.43. The van der Waals surface area contributed by atoms with Gasteiger partial charge in [0.15, 0.2) is 0 Å². The van der Waals surface area contributed by atoms with E-state index in [1.165, 1.54) is 5.69 Å². The zero-order valence-corrected chi connectivity index (χ0v) is 13.8. The summed E-state index contributed by atoms with van der Waals surface area (Å²) in [4.78, 5) is 15.3. The molecule has 6 heteroatoms. The van der Waals surface area contributed by atoms with Gasteiger partial charge >= 0.3 is 6.09 Å². The lowest BCUT2D eigenvalue weighted by Crippen LogP contribution is -2.48. The van der Waals surface area contributed by atoms with Crippen LogP contribution in [0.2, 0.25) is 0 Å². The standard InChI is InChI=1S/C18H24N2O4/c21-18(22)20-14-1-2-15(20)12-17(11-14)24-16-5-3-13(4-6-16)19-7-9-23-10-8-19/h3-6,14-15,17H,1-2,7-12H2,(H,21,22). The molecule has 1 aromatic rings. The number of rotatable bonds is 3. The van der Waals surface area contributed by atoms with Gasteiger partial charge in [-0.25, -0.2) is 4.79 Å². The summed E-state index contributed by atoms with van der Waals surface area (Å²) in [5.74, 6) is 0.875. The highest BCUT2D eigenvalue weighted by molar-refractivity contribution is 5.66. The molecule has 3 aliphatic heterocycles. The molecule has 0 aliphatic carbocycles. The second-order valence-electron chi connectivity index (χ2n) is 6.88. The fourth-order valence-corrected chi connectivity index (χ4v) is 4.29. The lowest BCUT2D eigenvalue weighted by atomic mass is 10.0. The number of piperidine rings is 1. The van der Waals surface area contributed by atoms with E-state index in [0.717, 1.165) is 57.7 Å². The van der Waals surface area contributed by atoms with Crippen molar-refractivity contribution < 1.29 is 19.4 Å². The number of ether oxygens (including phenoxy) is 2. The second kappa shape index (κ2) is 6.51. The molecule has 6 nitrogen and oxygen atoms in total. The van der Waals surface area contributed by atoms with Gasteiger partial charge in [0.1, 0.15) is 11.9 Å². The number of benzene rings is 1. The smallest absolute Gasteiger partial charge is 0.407 e. The van der Waals surface area contributed by atoms with Gasteiger partial charge in [-0.2, -0.15) is 0 Å². The molecular formula is C18H24N2O4. The fourth-order valence-electron chi connectivity index (χ4n) is 4.29. The van der Waals surface area contributed by atoms with Crippen molar-refractivity contribution >= 4 is 11.8 Å². The first-order valence-electron chi connectivity index (χ1n) is 8.81. The monoisotopic (exact) mass is 332 g/mol. The van der Waals surface area contributed by atoms with E-state index < -0.39 is 6.09 Å². The van der Waals surface area contributed by atoms with Crippen molar-refractivity contribution in [3.05, 3.63) is 24.3 Å². The van der Waals surface area contributed by atoms with Crippen LogP contribution >= 0.6 is 0 Å². The molecule has 0 spiro atoms. The van der Waals surface area contributed by atoms with E-state index in [-0.39, 0.29) is 18.2 Å². The summed E-state index contributed by atoms with van der Waals surface area (Å²) >= 11 is 0. The number of fused-ring (bicyclic) bond motifs is 2. The van der Waals surface area contributed by atoms with Crippen molar-refractivity contribution in [1.29, 1.82) is 0 Å². The topological polar surface area (TPSA) is 62.2 Å². The van der Waals surface area contributed by atoms with Crippen LogP contribution < -0.4 is 9.64 Å². The predicted molar refractivity (Wildman–Crippen MR) is 89.8 cm³/mol. The molecule has 3 fully saturated rings. The average Bonchev–Trinajstić information content (AvgIpc) is 2.88. The van der Waals surface area contributed by atoms with Crippen molar-refractivity contribution in [3.8, 4) is 5.75 Å². The molecule has 1 N–H and O–H groups in total. The first-order chi connectivity index (χ1) is 11.7. The minimum Gasteiger partial charge on any atom is -0.490 e. The van der Waals surface area contributed by atoms with E-state index in [1.807, 2.05) is 12.1 Å². The number of hydrogen-bond donors (Lipinski definition) is 1. The Morgan fingerprint density at radius 1 is 1.08 bits per heavy atom. The van der Waals surface area contributed by atoms with E-state index >= 15 is 0 Å². The van der Waals surface area contributed by atoms with E-state index in [2.05, 4.69) is 17.0 Å². The Morgan fingerprint density at radius 2 is 1.71 bits per heavy atom. The van der Waals surface area contributed by atoms with Gasteiger partial charge in [0.25, 0.3) is 0 Å². The highest BCUT2D eigenvalue weighted by Crippen LogP contribution is 2.37. The van der Waals surface area contributed by atoms with Crippen molar-refractivity contribution in [1.82, 2.24) is 4.90 Å². The Kier molecular flexibility index (Phi) is 4.22. The lowest BCUT2D eigenvalue weighted by Gasteiger charge is -2.37. The highest BCUT2D eigenvalue weighted by atomic mass is 16.5. The van der Waals surface area contributed by atoms with Crippen molar-refractivity contribution in [2.45, 2.75) is 43.9 Å². The Hall–Kier alpha value is -1.95. The first-order valence-corrected chi connectivity index (χ1v) is 8.81. The van der Waals surface area contributed by atoms with Gasteiger partial charge in [-0.1, -0.05) is 0 Å². The number of nitrogens with zero attached hydrogens (tertiary/aromatic N) is 2. The Balaban J connectivity index is 1.37. The molecule has 2 unspecified atom stereocenters. The third-order valence-electron chi connectivity index (χ3n) is 5.43. The van der Waals surface area contributed by atoms with Crippen LogP contribution in [0.5, 0.6) is 5.75 Å². The third kappa shape index (κ3) is 3.02. The summed E-state index contributed by atoms with van der Waals surface area (Å²) in [5, 5.41) is 9.32. The zero-order valence-electron chi connectivity index (χ0n) is 13.8. The minimum atomic E-state index is -0.782. The van der Waals surface area contributed by atoms with Crippen LogP contribution in [0.1, 0.15) is 25.7 Å². The Bertz CT molecular complexity index is 571. The van der Waals surface area contributed by atoms with Gasteiger partial charge < -0.3 is 24.4 Å². The van der Waals surface area contributed by atoms with E-state index in [4.69, 9.17) is 9.47 Å². The summed E-state index contributed by atoms with van der Waals surface area (Å²) in [6, 6.07) is 8.49. The van der Waals surface area contributed by atoms with Crippen LogP contribution in [0.15, 0.2) is 24.3 Å². The number of anilines is 1. The van der Waals surface area contributed by atoms with Gasteiger partial charge in [0.05, 0.1) is 13.2 Å². The zero-order chi connectivity index (χ0) is 16.5. The predicted octanol–water partition coefficient (Wildman–Crippen LogP) is 2.58. The number of hydrogen-bond acceptors (Lipinski definition) is 4. The molecule has 3 aliphatic rings. The summed E-state index contributed by atoms with van der Waals surface area (Å²) in [6.45, 7) is 3.42. The van der Waals surface area contributed by atoms with Crippen LogP contribution in [0.25, 0.3) is 0 Å². The highest BCUT2D eigenvalue weighted by Gasteiger charge is 2.44. The maximum atomic E-state index is 11.3. The van der Waals surface area contributed by atoms with Crippen molar-refractivity contribution in [2.24, 2.45) is 0 Å². The summed E-state index contributed by atoms with van der Waals surface area (Å²) < 4.78 is 11.5. The molecule has 2 bridgehead atoms. The quantitative estimate of drug-likeness (QED) is 0.922. The second-order valence-corrected chi connectivity index (χ2v) is 6.88. The van der Waals surface area contributed by atoms with Crippen LogP contribution in [0, 0.1) is 0 Å². The minimum absolute atomic E-state index is 0.118. The first kappa shape index (κ1) is 15.6. The summed E-state index contributed by atoms with van der Waals surface area (Å²) in [6.07, 6.45) is 2.87.